The maximum absolute atomic E-state index is 9.02. The van der Waals surface area contributed by atoms with Crippen LogP contribution in [0, 0.1) is 0 Å². The third-order valence-electron chi connectivity index (χ3n) is 2.53. The molecule has 1 atom stereocenters. The molecule has 0 radical (unpaired) electrons. The van der Waals surface area contributed by atoms with Gasteiger partial charge in [0.1, 0.15) is 11.6 Å². The van der Waals surface area contributed by atoms with Crippen molar-refractivity contribution in [1.82, 2.24) is 15.3 Å². The molecule has 0 aliphatic rings. The van der Waals surface area contributed by atoms with Crippen molar-refractivity contribution in [2.24, 2.45) is 0 Å². The molecular formula is C11H20N4O2. The lowest BCUT2D eigenvalue weighted by molar-refractivity contribution is 0.0965. The zero-order valence-corrected chi connectivity index (χ0v) is 10.3. The average Bonchev–Trinajstić information content (AvgIpc) is 2.27. The monoisotopic (exact) mass is 240 g/mol. The van der Waals surface area contributed by atoms with Crippen molar-refractivity contribution in [2.45, 2.75) is 25.4 Å². The van der Waals surface area contributed by atoms with Crippen LogP contribution in [0.15, 0.2) is 12.3 Å². The summed E-state index contributed by atoms with van der Waals surface area (Å²) in [5.41, 5.74) is 5.28. The zero-order chi connectivity index (χ0) is 12.7. The first-order chi connectivity index (χ1) is 8.09. The van der Waals surface area contributed by atoms with Gasteiger partial charge in [0.05, 0.1) is 13.2 Å². The second-order valence-corrected chi connectivity index (χ2v) is 4.22. The number of hydrogen-bond acceptors (Lipinski definition) is 6. The summed E-state index contributed by atoms with van der Waals surface area (Å²) >= 11 is 0. The van der Waals surface area contributed by atoms with E-state index in [0.29, 0.717) is 31.2 Å². The molecule has 6 nitrogen and oxygen atoms in total. The second kappa shape index (κ2) is 6.48. The molecule has 0 aliphatic carbocycles. The number of aliphatic hydroxyl groups is 1. The van der Waals surface area contributed by atoms with Crippen LogP contribution in [0.2, 0.25) is 0 Å². The Labute approximate surface area is 101 Å². The Kier molecular flexibility index (Phi) is 5.27. The highest BCUT2D eigenvalue weighted by molar-refractivity contribution is 5.24. The first-order valence-electron chi connectivity index (χ1n) is 5.52. The molecule has 0 aromatic carbocycles. The lowest BCUT2D eigenvalue weighted by Crippen LogP contribution is -2.46. The highest BCUT2D eigenvalue weighted by Gasteiger charge is 2.23. The van der Waals surface area contributed by atoms with Crippen molar-refractivity contribution in [3.63, 3.8) is 0 Å². The van der Waals surface area contributed by atoms with Crippen LogP contribution >= 0.6 is 0 Å². The van der Waals surface area contributed by atoms with Gasteiger partial charge in [-0.15, -0.1) is 0 Å². The Morgan fingerprint density at radius 3 is 2.94 bits per heavy atom. The van der Waals surface area contributed by atoms with Crippen LogP contribution in [0.1, 0.15) is 19.2 Å². The molecule has 0 fully saturated rings. The van der Waals surface area contributed by atoms with Gasteiger partial charge in [0.2, 0.25) is 0 Å². The van der Waals surface area contributed by atoms with Gasteiger partial charge in [-0.3, -0.25) is 0 Å². The van der Waals surface area contributed by atoms with Gasteiger partial charge in [-0.1, -0.05) is 0 Å². The predicted molar refractivity (Wildman–Crippen MR) is 65.3 cm³/mol. The lowest BCUT2D eigenvalue weighted by atomic mass is 9.99. The van der Waals surface area contributed by atoms with Gasteiger partial charge in [0, 0.05) is 25.5 Å². The first kappa shape index (κ1) is 13.8. The standard InChI is InChI=1S/C11H20N4O2/c1-11(4-6-16,8-17-2)14-7-10-13-5-3-9(12)15-10/h3,5,14,16H,4,6-8H2,1-2H3,(H2,12,13,15). The molecule has 0 aliphatic heterocycles. The summed E-state index contributed by atoms with van der Waals surface area (Å²) in [6.07, 6.45) is 2.22. The summed E-state index contributed by atoms with van der Waals surface area (Å²) < 4.78 is 5.13. The Hall–Kier alpha value is -1.24. The summed E-state index contributed by atoms with van der Waals surface area (Å²) in [5, 5.41) is 12.3. The number of hydrogen-bond donors (Lipinski definition) is 3. The Bertz CT molecular complexity index is 340. The van der Waals surface area contributed by atoms with Crippen molar-refractivity contribution >= 4 is 5.82 Å². The van der Waals surface area contributed by atoms with Gasteiger partial charge < -0.3 is 20.9 Å². The van der Waals surface area contributed by atoms with Gasteiger partial charge in [-0.2, -0.15) is 0 Å². The summed E-state index contributed by atoms with van der Waals surface area (Å²) in [6, 6.07) is 1.64. The van der Waals surface area contributed by atoms with Crippen LogP contribution in [-0.2, 0) is 11.3 Å². The smallest absolute Gasteiger partial charge is 0.144 e. The van der Waals surface area contributed by atoms with Crippen molar-refractivity contribution in [1.29, 1.82) is 0 Å². The topological polar surface area (TPSA) is 93.3 Å². The minimum absolute atomic E-state index is 0.102. The van der Waals surface area contributed by atoms with Crippen LogP contribution in [0.5, 0.6) is 0 Å². The van der Waals surface area contributed by atoms with Gasteiger partial charge in [0.25, 0.3) is 0 Å². The number of aromatic nitrogens is 2. The number of anilines is 1. The van der Waals surface area contributed by atoms with E-state index in [1.54, 1.807) is 19.4 Å². The SMILES string of the molecule is COCC(C)(CCO)NCc1nccc(N)n1. The number of nitrogens with one attached hydrogen (secondary N) is 1. The number of ether oxygens (including phenoxy) is 1. The minimum Gasteiger partial charge on any atom is -0.396 e. The largest absolute Gasteiger partial charge is 0.396 e. The second-order valence-electron chi connectivity index (χ2n) is 4.22. The summed E-state index contributed by atoms with van der Waals surface area (Å²) in [4.78, 5) is 8.20. The molecule has 6 heteroatoms. The van der Waals surface area contributed by atoms with Gasteiger partial charge in [-0.05, 0) is 19.4 Å². The van der Waals surface area contributed by atoms with Crippen LogP contribution in [0.3, 0.4) is 0 Å². The molecule has 4 N–H and O–H groups in total. The molecular weight excluding hydrogens is 220 g/mol. The Morgan fingerprint density at radius 1 is 1.59 bits per heavy atom. The van der Waals surface area contributed by atoms with Gasteiger partial charge in [0.15, 0.2) is 0 Å². The van der Waals surface area contributed by atoms with Gasteiger partial charge >= 0.3 is 0 Å². The molecule has 1 rings (SSSR count). The molecule has 17 heavy (non-hydrogen) atoms. The molecule has 96 valence electrons. The van der Waals surface area contributed by atoms with E-state index in [0.717, 1.165) is 0 Å². The quantitative estimate of drug-likeness (QED) is 0.618. The average molecular weight is 240 g/mol. The van der Waals surface area contributed by atoms with E-state index in [-0.39, 0.29) is 12.1 Å². The van der Waals surface area contributed by atoms with Crippen LogP contribution in [0.4, 0.5) is 5.82 Å². The maximum Gasteiger partial charge on any atom is 0.144 e. The van der Waals surface area contributed by atoms with E-state index in [9.17, 15) is 0 Å². The lowest BCUT2D eigenvalue weighted by Gasteiger charge is -2.29. The molecule has 1 heterocycles. The van der Waals surface area contributed by atoms with Crippen molar-refractivity contribution in [2.75, 3.05) is 26.1 Å². The van der Waals surface area contributed by atoms with Crippen molar-refractivity contribution in [3.8, 4) is 0 Å². The maximum atomic E-state index is 9.02. The van der Waals surface area contributed by atoms with E-state index < -0.39 is 0 Å². The molecule has 0 saturated carbocycles. The van der Waals surface area contributed by atoms with E-state index in [4.69, 9.17) is 15.6 Å². The van der Waals surface area contributed by atoms with Crippen LogP contribution in [0.25, 0.3) is 0 Å². The fourth-order valence-electron chi connectivity index (χ4n) is 1.57. The molecule has 0 saturated heterocycles. The van der Waals surface area contributed by atoms with Crippen molar-refractivity contribution in [3.05, 3.63) is 18.1 Å². The normalized spacial score (nSPS) is 14.5. The zero-order valence-electron chi connectivity index (χ0n) is 10.3. The molecule has 1 aromatic heterocycles. The number of rotatable bonds is 7. The van der Waals surface area contributed by atoms with E-state index in [1.807, 2.05) is 6.92 Å². The summed E-state index contributed by atoms with van der Waals surface area (Å²) in [5.74, 6) is 1.08. The number of nitrogens with two attached hydrogens (primary N) is 1. The molecule has 1 unspecified atom stereocenters. The molecule has 0 bridgehead atoms. The molecule has 1 aromatic rings. The Morgan fingerprint density at radius 2 is 2.35 bits per heavy atom. The van der Waals surface area contributed by atoms with Crippen LogP contribution in [-0.4, -0.2) is 40.9 Å². The number of methoxy groups -OCH3 is 1. The minimum atomic E-state index is -0.294. The van der Waals surface area contributed by atoms with Crippen molar-refractivity contribution < 1.29 is 9.84 Å². The number of nitrogen functional groups attached to an aromatic ring is 1. The fourth-order valence-corrected chi connectivity index (χ4v) is 1.57. The van der Waals surface area contributed by atoms with Crippen LogP contribution < -0.4 is 11.1 Å². The Balaban J connectivity index is 2.57. The first-order valence-corrected chi connectivity index (χ1v) is 5.52. The number of aliphatic hydroxyl groups excluding tert-OH is 1. The summed E-state index contributed by atoms with van der Waals surface area (Å²) in [6.45, 7) is 3.09. The third-order valence-corrected chi connectivity index (χ3v) is 2.53. The third kappa shape index (κ3) is 4.64. The summed E-state index contributed by atoms with van der Waals surface area (Å²) in [7, 11) is 1.63. The van der Waals surface area contributed by atoms with E-state index in [2.05, 4.69) is 15.3 Å². The van der Waals surface area contributed by atoms with E-state index in [1.165, 1.54) is 0 Å². The molecule has 0 spiro atoms. The number of nitrogens with zero attached hydrogens (tertiary/aromatic N) is 2. The van der Waals surface area contributed by atoms with Gasteiger partial charge in [-0.25, -0.2) is 9.97 Å². The highest BCUT2D eigenvalue weighted by atomic mass is 16.5. The fraction of sp³-hybridized carbons (Fsp3) is 0.636. The highest BCUT2D eigenvalue weighted by Crippen LogP contribution is 2.10. The molecule has 0 amide bonds. The van der Waals surface area contributed by atoms with E-state index >= 15 is 0 Å². The predicted octanol–water partition coefficient (Wildman–Crippen LogP) is -0.0641.